The molecule has 6 heteroatoms. The predicted molar refractivity (Wildman–Crippen MR) is 271 cm³/mol. The van der Waals surface area contributed by atoms with Crippen LogP contribution in [-0.4, -0.2) is 5.75 Å². The van der Waals surface area contributed by atoms with Crippen molar-refractivity contribution in [2.75, 3.05) is 0 Å². The smallest absolute Gasteiger partial charge is 0.102 e. The summed E-state index contributed by atoms with van der Waals surface area (Å²) in [6.07, 6.45) is 0. The minimum absolute atomic E-state index is 0. The van der Waals surface area contributed by atoms with Gasteiger partial charge in [0.05, 0.1) is 23.8 Å². The van der Waals surface area contributed by atoms with Gasteiger partial charge in [-0.15, -0.1) is 0 Å². The molecule has 0 atom stereocenters. The molecule has 0 N–H and O–H groups in total. The second-order valence-electron chi connectivity index (χ2n) is 13.5. The molecule has 1 radical (unpaired) electrons. The maximum atomic E-state index is 8.45. The van der Waals surface area contributed by atoms with Gasteiger partial charge in [0.25, 0.3) is 0 Å². The van der Waals surface area contributed by atoms with Crippen LogP contribution >= 0.6 is 35.4 Å². The number of carbonyl (C=O) groups excluding carboxylic acids is 1. The van der Waals surface area contributed by atoms with E-state index in [1.165, 1.54) is 47.7 Å². The van der Waals surface area contributed by atoms with E-state index in [1.54, 1.807) is 0 Å². The number of benzene rings is 9. The van der Waals surface area contributed by atoms with Gasteiger partial charge < -0.3 is 16.4 Å². The molecular weight excluding hydrogens is 908 g/mol. The molecule has 61 heavy (non-hydrogen) atoms. The molecule has 0 unspecified atom stereocenters. The van der Waals surface area contributed by atoms with Crippen molar-refractivity contribution in [2.24, 2.45) is 0 Å². The second-order valence-corrected chi connectivity index (χ2v) is 21.1. The van der Waals surface area contributed by atoms with Gasteiger partial charge in [-0.2, -0.15) is 5.75 Å². The van der Waals surface area contributed by atoms with Gasteiger partial charge in [-0.25, -0.2) is 0 Å². The van der Waals surface area contributed by atoms with Crippen molar-refractivity contribution >= 4 is 88.9 Å². The van der Waals surface area contributed by atoms with E-state index in [9.17, 15) is 0 Å². The van der Waals surface area contributed by atoms with Crippen LogP contribution in [0.4, 0.5) is 0 Å². The van der Waals surface area contributed by atoms with Crippen molar-refractivity contribution < 1.29 is 24.3 Å². The molecule has 0 saturated heterocycles. The van der Waals surface area contributed by atoms with E-state index < -0.39 is 23.8 Å². The van der Waals surface area contributed by atoms with Crippen molar-refractivity contribution in [1.82, 2.24) is 0 Å². The first-order valence-electron chi connectivity index (χ1n) is 19.8. The minimum atomic E-state index is -0.877. The molecule has 303 valence electrons. The fraction of sp³-hybridized carbons (Fsp3) is 0. The van der Waals surface area contributed by atoms with Crippen LogP contribution in [0.3, 0.4) is 0 Å². The molecule has 9 rings (SSSR count). The monoisotopic (exact) mass is 955 g/mol. The van der Waals surface area contributed by atoms with Crippen LogP contribution in [0.25, 0.3) is 0 Å². The zero-order valence-corrected chi connectivity index (χ0v) is 39.0. The predicted octanol–water partition coefficient (Wildman–Crippen LogP) is 9.82. The maximum absolute atomic E-state index is 8.45. The Kier molecular flexibility index (Phi) is 20.7. The Labute approximate surface area is 383 Å². The molecule has 0 heterocycles. The van der Waals surface area contributed by atoms with E-state index in [4.69, 9.17) is 4.79 Å². The van der Waals surface area contributed by atoms with Crippen molar-refractivity contribution in [2.45, 2.75) is 0 Å². The molecule has 0 bridgehead atoms. The average molecular weight is 956 g/mol. The number of rotatable bonds is 9. The van der Waals surface area contributed by atoms with Crippen molar-refractivity contribution in [1.29, 1.82) is 0 Å². The Morgan fingerprint density at radius 3 is 0.393 bits per heavy atom. The van der Waals surface area contributed by atoms with E-state index in [1.807, 2.05) is 0 Å². The van der Waals surface area contributed by atoms with Gasteiger partial charge >= 0.3 is 0 Å². The van der Waals surface area contributed by atoms with E-state index in [0.29, 0.717) is 0 Å². The summed E-state index contributed by atoms with van der Waals surface area (Å²) in [7, 11) is -2.63. The summed E-state index contributed by atoms with van der Waals surface area (Å²) >= 11 is 4.19. The summed E-state index contributed by atoms with van der Waals surface area (Å²) in [5.41, 5.74) is 0. The largest absolute Gasteiger partial charge is 0.525 e. The van der Waals surface area contributed by atoms with Crippen LogP contribution < -0.4 is 47.7 Å². The molecule has 0 aliphatic rings. The van der Waals surface area contributed by atoms with E-state index >= 15 is 0 Å². The van der Waals surface area contributed by atoms with Crippen LogP contribution in [0, 0.1) is 0 Å². The summed E-state index contributed by atoms with van der Waals surface area (Å²) in [4.78, 5) is 8.45. The molecule has 0 aromatic heterocycles. The molecule has 0 saturated carbocycles. The van der Waals surface area contributed by atoms with E-state index in [0.717, 1.165) is 5.75 Å². The third-order valence-electron chi connectivity index (χ3n) is 9.56. The van der Waals surface area contributed by atoms with Gasteiger partial charge in [-0.3, -0.25) is 0 Å². The fourth-order valence-corrected chi connectivity index (χ4v) is 14.7. The molecule has 0 spiro atoms. The SMILES string of the molecule is O=[C-]Cl.[Rh].c1ccc([PH+](c2ccccc2)c2ccccc2)cc1.c1ccc([PH+](c2ccccc2)c2ccccc2)cc1.c1ccc([PH+](c2ccccc2)c2ccccc2)cc1. The summed E-state index contributed by atoms with van der Waals surface area (Å²) < 4.78 is 0. The normalized spacial score (nSPS) is 10.1. The van der Waals surface area contributed by atoms with Crippen LogP contribution in [-0.2, 0) is 24.3 Å². The molecule has 0 fully saturated rings. The summed E-state index contributed by atoms with van der Waals surface area (Å²) in [6, 6.07) is 97.5. The van der Waals surface area contributed by atoms with Gasteiger partial charge in [-0.05, 0) is 109 Å². The van der Waals surface area contributed by atoms with Crippen LogP contribution in [0.5, 0.6) is 0 Å². The first kappa shape index (κ1) is 46.9. The third kappa shape index (κ3) is 14.5. The maximum Gasteiger partial charge on any atom is 0.102 e. The van der Waals surface area contributed by atoms with Crippen LogP contribution in [0.1, 0.15) is 0 Å². The molecule has 9 aromatic carbocycles. The summed E-state index contributed by atoms with van der Waals surface area (Å²) in [6.45, 7) is 0. The summed E-state index contributed by atoms with van der Waals surface area (Å²) in [5, 5.41) is 12.9. The van der Waals surface area contributed by atoms with E-state index in [2.05, 4.69) is 285 Å². The van der Waals surface area contributed by atoms with Crippen molar-refractivity contribution in [3.63, 3.8) is 0 Å². The fourth-order valence-electron chi connectivity index (χ4n) is 6.94. The first-order valence-corrected chi connectivity index (χ1v) is 24.7. The molecular formula is C55H48ClOP3Rh+2. The Hall–Kier alpha value is -5.15. The van der Waals surface area contributed by atoms with Crippen LogP contribution in [0.2, 0.25) is 0 Å². The van der Waals surface area contributed by atoms with Gasteiger partial charge in [0.15, 0.2) is 0 Å². The Morgan fingerprint density at radius 2 is 0.311 bits per heavy atom. The zero-order chi connectivity index (χ0) is 41.5. The van der Waals surface area contributed by atoms with Crippen molar-refractivity contribution in [3.8, 4) is 0 Å². The standard InChI is InChI=1S/3C18H15P.CClO.Rh/c3*1-4-10-16(11-5-1)19(17-12-6-2-7-13-17)18-14-8-3-9-15-18;2-1-3;/h3*1-15H;;/q;;;-1;/p+3. The number of halogens is 1. The zero-order valence-electron chi connectivity index (χ0n) is 33.6. The molecule has 0 amide bonds. The van der Waals surface area contributed by atoms with Crippen molar-refractivity contribution in [3.05, 3.63) is 273 Å². The second kappa shape index (κ2) is 26.9. The Bertz CT molecular complexity index is 1930. The molecule has 1 nitrogen and oxygen atoms in total. The van der Waals surface area contributed by atoms with Gasteiger partial charge in [0, 0.05) is 19.5 Å². The summed E-state index contributed by atoms with van der Waals surface area (Å²) in [5.74, 6) is 0.972. The van der Waals surface area contributed by atoms with Gasteiger partial charge in [0.1, 0.15) is 47.7 Å². The van der Waals surface area contributed by atoms with Gasteiger partial charge in [-0.1, -0.05) is 164 Å². The number of hydrogen-bond donors (Lipinski definition) is 0. The van der Waals surface area contributed by atoms with E-state index in [-0.39, 0.29) is 19.5 Å². The molecule has 9 aromatic rings. The molecule has 0 aliphatic heterocycles. The van der Waals surface area contributed by atoms with Gasteiger partial charge in [0.2, 0.25) is 0 Å². The first-order chi connectivity index (χ1) is 29.8. The Balaban J connectivity index is 0.000000166. The Morgan fingerprint density at radius 1 is 0.230 bits per heavy atom. The quantitative estimate of drug-likeness (QED) is 0.0610. The van der Waals surface area contributed by atoms with Crippen LogP contribution in [0.15, 0.2) is 273 Å². The molecule has 0 aliphatic carbocycles. The average Bonchev–Trinajstić information content (AvgIpc) is 3.33. The third-order valence-corrected chi connectivity index (χ3v) is 17.8. The minimum Gasteiger partial charge on any atom is -0.525 e. The topological polar surface area (TPSA) is 17.1 Å². The number of hydrogen-bond acceptors (Lipinski definition) is 1.